The van der Waals surface area contributed by atoms with Crippen molar-refractivity contribution in [3.8, 4) is 0 Å². The number of para-hydroxylation sites is 1. The molecule has 2 aromatic rings. The fourth-order valence-electron chi connectivity index (χ4n) is 2.42. The van der Waals surface area contributed by atoms with Crippen LogP contribution in [0.3, 0.4) is 0 Å². The van der Waals surface area contributed by atoms with Gasteiger partial charge in [0.05, 0.1) is 23.8 Å². The third-order valence-electron chi connectivity index (χ3n) is 3.71. The fraction of sp³-hybridized carbons (Fsp3) is 0.444. The Morgan fingerprint density at radius 1 is 1.31 bits per heavy atom. The van der Waals surface area contributed by atoms with Gasteiger partial charge in [0, 0.05) is 19.5 Å². The van der Waals surface area contributed by atoms with Gasteiger partial charge in [0.2, 0.25) is 5.91 Å². The minimum Gasteiger partial charge on any atom is -0.469 e. The summed E-state index contributed by atoms with van der Waals surface area (Å²) in [6.07, 6.45) is 1.59. The standard InChI is InChI=1S/C18H23N3O4S/c1-3-11-21-17(24)13-7-4-5-8-14(13)20-18(21)26-12-15(22)19-10-6-9-16(23)25-2/h4-5,7-8H,3,6,9-12H2,1-2H3,(H,19,22). The van der Waals surface area contributed by atoms with E-state index in [1.54, 1.807) is 16.7 Å². The molecule has 1 heterocycles. The fourth-order valence-corrected chi connectivity index (χ4v) is 3.28. The number of methoxy groups -OCH3 is 1. The maximum Gasteiger partial charge on any atom is 0.305 e. The first kappa shape index (κ1) is 20.0. The zero-order valence-corrected chi connectivity index (χ0v) is 15.8. The van der Waals surface area contributed by atoms with Crippen LogP contribution in [0.1, 0.15) is 26.2 Å². The molecule has 1 amide bonds. The number of carbonyl (C=O) groups is 2. The summed E-state index contributed by atoms with van der Waals surface area (Å²) >= 11 is 1.24. The summed E-state index contributed by atoms with van der Waals surface area (Å²) in [5.41, 5.74) is 0.546. The average molecular weight is 377 g/mol. The minimum atomic E-state index is -0.294. The number of thioether (sulfide) groups is 1. The van der Waals surface area contributed by atoms with Gasteiger partial charge < -0.3 is 10.1 Å². The van der Waals surface area contributed by atoms with Crippen LogP contribution in [0.5, 0.6) is 0 Å². The van der Waals surface area contributed by atoms with Crippen LogP contribution in [0.25, 0.3) is 10.9 Å². The van der Waals surface area contributed by atoms with Gasteiger partial charge in [-0.3, -0.25) is 19.0 Å². The van der Waals surface area contributed by atoms with Gasteiger partial charge in [-0.25, -0.2) is 4.98 Å². The number of hydrogen-bond donors (Lipinski definition) is 1. The molecular formula is C18H23N3O4S. The smallest absolute Gasteiger partial charge is 0.305 e. The number of carbonyl (C=O) groups excluding carboxylic acids is 2. The molecule has 0 spiro atoms. The first-order valence-electron chi connectivity index (χ1n) is 8.52. The molecule has 1 aromatic heterocycles. The number of benzene rings is 1. The number of nitrogens with zero attached hydrogens (tertiary/aromatic N) is 2. The molecule has 0 aliphatic rings. The third kappa shape index (κ3) is 5.32. The predicted octanol–water partition coefficient (Wildman–Crippen LogP) is 1.97. The summed E-state index contributed by atoms with van der Waals surface area (Å²) in [6, 6.07) is 7.21. The Labute approximate surface area is 156 Å². The van der Waals surface area contributed by atoms with Gasteiger partial charge >= 0.3 is 5.97 Å². The van der Waals surface area contributed by atoms with Crippen LogP contribution in [-0.4, -0.2) is 40.8 Å². The second-order valence-electron chi connectivity index (χ2n) is 5.69. The van der Waals surface area contributed by atoms with Crippen molar-refractivity contribution in [1.82, 2.24) is 14.9 Å². The third-order valence-corrected chi connectivity index (χ3v) is 4.69. The molecule has 7 nitrogen and oxygen atoms in total. The maximum atomic E-state index is 12.7. The minimum absolute atomic E-state index is 0.0848. The summed E-state index contributed by atoms with van der Waals surface area (Å²) in [6.45, 7) is 2.95. The molecule has 0 radical (unpaired) electrons. The van der Waals surface area contributed by atoms with E-state index in [1.165, 1.54) is 18.9 Å². The second-order valence-corrected chi connectivity index (χ2v) is 6.63. The summed E-state index contributed by atoms with van der Waals surface area (Å²) in [4.78, 5) is 40.2. The average Bonchev–Trinajstić information content (AvgIpc) is 2.66. The molecule has 26 heavy (non-hydrogen) atoms. The zero-order valence-electron chi connectivity index (χ0n) is 15.0. The molecule has 0 aliphatic heterocycles. The van der Waals surface area contributed by atoms with E-state index in [2.05, 4.69) is 15.0 Å². The van der Waals surface area contributed by atoms with E-state index in [1.807, 2.05) is 19.1 Å². The van der Waals surface area contributed by atoms with E-state index in [-0.39, 0.29) is 29.6 Å². The molecule has 0 bridgehead atoms. The summed E-state index contributed by atoms with van der Waals surface area (Å²) in [7, 11) is 1.34. The zero-order chi connectivity index (χ0) is 18.9. The van der Waals surface area contributed by atoms with E-state index in [0.717, 1.165) is 6.42 Å². The van der Waals surface area contributed by atoms with Gasteiger partial charge in [0.1, 0.15) is 0 Å². The Kier molecular flexibility index (Phi) is 7.65. The molecule has 0 atom stereocenters. The van der Waals surface area contributed by atoms with Crippen LogP contribution in [-0.2, 0) is 20.9 Å². The Morgan fingerprint density at radius 2 is 2.08 bits per heavy atom. The number of hydrogen-bond acceptors (Lipinski definition) is 6. The lowest BCUT2D eigenvalue weighted by molar-refractivity contribution is -0.140. The molecular weight excluding hydrogens is 354 g/mol. The van der Waals surface area contributed by atoms with Crippen LogP contribution in [0.2, 0.25) is 0 Å². The molecule has 0 saturated heterocycles. The topological polar surface area (TPSA) is 90.3 Å². The van der Waals surface area contributed by atoms with E-state index >= 15 is 0 Å². The van der Waals surface area contributed by atoms with E-state index in [9.17, 15) is 14.4 Å². The van der Waals surface area contributed by atoms with Gasteiger partial charge in [0.25, 0.3) is 5.56 Å². The van der Waals surface area contributed by atoms with Crippen molar-refractivity contribution < 1.29 is 14.3 Å². The molecule has 140 valence electrons. The van der Waals surface area contributed by atoms with Gasteiger partial charge in [-0.2, -0.15) is 0 Å². The Hall–Kier alpha value is -2.35. The SMILES string of the molecule is CCCn1c(SCC(=O)NCCCC(=O)OC)nc2ccccc2c1=O. The summed E-state index contributed by atoms with van der Waals surface area (Å²) < 4.78 is 6.17. The number of rotatable bonds is 9. The highest BCUT2D eigenvalue weighted by Crippen LogP contribution is 2.17. The Bertz CT molecular complexity index is 835. The van der Waals surface area contributed by atoms with E-state index in [0.29, 0.717) is 35.6 Å². The number of fused-ring (bicyclic) bond motifs is 1. The second kappa shape index (κ2) is 9.96. The molecule has 0 fully saturated rings. The Morgan fingerprint density at radius 3 is 2.81 bits per heavy atom. The highest BCUT2D eigenvalue weighted by Gasteiger charge is 2.12. The molecule has 1 N–H and O–H groups in total. The molecule has 0 aliphatic carbocycles. The first-order valence-corrected chi connectivity index (χ1v) is 9.51. The molecule has 1 aromatic carbocycles. The lowest BCUT2D eigenvalue weighted by Gasteiger charge is -2.12. The van der Waals surface area contributed by atoms with Crippen molar-refractivity contribution >= 4 is 34.5 Å². The van der Waals surface area contributed by atoms with E-state index in [4.69, 9.17) is 0 Å². The normalized spacial score (nSPS) is 10.7. The maximum absolute atomic E-state index is 12.7. The van der Waals surface area contributed by atoms with Crippen molar-refractivity contribution in [2.75, 3.05) is 19.4 Å². The number of nitrogens with one attached hydrogen (secondary N) is 1. The van der Waals surface area contributed by atoms with Crippen LogP contribution >= 0.6 is 11.8 Å². The van der Waals surface area contributed by atoms with Gasteiger partial charge in [-0.15, -0.1) is 0 Å². The van der Waals surface area contributed by atoms with Crippen LogP contribution in [0.4, 0.5) is 0 Å². The highest BCUT2D eigenvalue weighted by molar-refractivity contribution is 7.99. The quantitative estimate of drug-likeness (QED) is 0.311. The van der Waals surface area contributed by atoms with Crippen molar-refractivity contribution in [1.29, 1.82) is 0 Å². The molecule has 0 saturated carbocycles. The van der Waals surface area contributed by atoms with Gasteiger partial charge in [-0.05, 0) is 25.0 Å². The van der Waals surface area contributed by atoms with Crippen molar-refractivity contribution in [2.45, 2.75) is 37.9 Å². The number of ether oxygens (including phenoxy) is 1. The lowest BCUT2D eigenvalue weighted by atomic mass is 10.2. The summed E-state index contributed by atoms with van der Waals surface area (Å²) in [5.74, 6) is -0.296. The van der Waals surface area contributed by atoms with E-state index < -0.39 is 0 Å². The number of amides is 1. The van der Waals surface area contributed by atoms with Crippen molar-refractivity contribution in [3.05, 3.63) is 34.6 Å². The van der Waals surface area contributed by atoms with Crippen LogP contribution < -0.4 is 10.9 Å². The van der Waals surface area contributed by atoms with Gasteiger partial charge in [0.15, 0.2) is 5.16 Å². The monoisotopic (exact) mass is 377 g/mol. The molecule has 0 unspecified atom stereocenters. The molecule has 8 heteroatoms. The summed E-state index contributed by atoms with van der Waals surface area (Å²) in [5, 5.41) is 3.88. The largest absolute Gasteiger partial charge is 0.469 e. The first-order chi connectivity index (χ1) is 12.6. The van der Waals surface area contributed by atoms with Crippen molar-refractivity contribution in [2.24, 2.45) is 0 Å². The van der Waals surface area contributed by atoms with Gasteiger partial charge in [-0.1, -0.05) is 30.8 Å². The van der Waals surface area contributed by atoms with Crippen LogP contribution in [0.15, 0.2) is 34.2 Å². The molecule has 2 rings (SSSR count). The number of esters is 1. The Balaban J connectivity index is 2.01. The predicted molar refractivity (Wildman–Crippen MR) is 101 cm³/mol. The van der Waals surface area contributed by atoms with Crippen LogP contribution in [0, 0.1) is 0 Å². The van der Waals surface area contributed by atoms with Crippen molar-refractivity contribution in [3.63, 3.8) is 0 Å². The lowest BCUT2D eigenvalue weighted by Crippen LogP contribution is -2.28. The number of aromatic nitrogens is 2. The highest BCUT2D eigenvalue weighted by atomic mass is 32.2.